The fraction of sp³-hybridized carbons (Fsp3) is 0.273. The maximum atomic E-state index is 12.8. The van der Waals surface area contributed by atoms with E-state index in [-0.39, 0.29) is 5.82 Å². The van der Waals surface area contributed by atoms with Gasteiger partial charge in [0.25, 0.3) is 0 Å². The second-order valence-electron chi connectivity index (χ2n) is 2.62. The van der Waals surface area contributed by atoms with Gasteiger partial charge in [-0.15, -0.1) is 0 Å². The van der Waals surface area contributed by atoms with E-state index in [9.17, 15) is 4.39 Å². The van der Waals surface area contributed by atoms with Crippen molar-refractivity contribution in [2.75, 3.05) is 12.9 Å². The zero-order valence-corrected chi connectivity index (χ0v) is 8.77. The lowest BCUT2D eigenvalue weighted by Crippen LogP contribution is -1.88. The number of thiol groups is 1. The summed E-state index contributed by atoms with van der Waals surface area (Å²) in [7, 11) is 1.50. The Morgan fingerprint density at radius 3 is 2.93 bits per heavy atom. The van der Waals surface area contributed by atoms with Gasteiger partial charge in [-0.25, -0.2) is 4.39 Å². The molecule has 0 aromatic heterocycles. The number of methoxy groups -OCH3 is 1. The van der Waals surface area contributed by atoms with Crippen LogP contribution in [-0.4, -0.2) is 12.9 Å². The van der Waals surface area contributed by atoms with Gasteiger partial charge in [0.15, 0.2) is 0 Å². The van der Waals surface area contributed by atoms with Crippen molar-refractivity contribution < 1.29 is 9.13 Å². The van der Waals surface area contributed by atoms with Crippen LogP contribution in [0.15, 0.2) is 18.2 Å². The highest BCUT2D eigenvalue weighted by atomic mass is 32.1. The highest BCUT2D eigenvalue weighted by Gasteiger charge is 2.00. The number of halogens is 1. The first-order valence-electron chi connectivity index (χ1n) is 4.21. The molecule has 0 spiro atoms. The lowest BCUT2D eigenvalue weighted by molar-refractivity contribution is 0.410. The first kappa shape index (κ1) is 10.9. The number of ether oxygens (including phenoxy) is 1. The molecule has 1 nitrogen and oxygen atoms in total. The summed E-state index contributed by atoms with van der Waals surface area (Å²) >= 11 is 4.04. The van der Waals surface area contributed by atoms with Crippen molar-refractivity contribution in [3.8, 4) is 17.6 Å². The summed E-state index contributed by atoms with van der Waals surface area (Å²) in [5.41, 5.74) is 0.704. The van der Waals surface area contributed by atoms with Crippen LogP contribution in [0.25, 0.3) is 0 Å². The smallest absolute Gasteiger partial charge is 0.137 e. The molecule has 0 aliphatic heterocycles. The van der Waals surface area contributed by atoms with E-state index in [0.717, 1.165) is 5.75 Å². The molecule has 0 N–H and O–H groups in total. The number of rotatable bonds is 2. The summed E-state index contributed by atoms with van der Waals surface area (Å²) in [6, 6.07) is 4.30. The van der Waals surface area contributed by atoms with Crippen molar-refractivity contribution >= 4 is 12.6 Å². The van der Waals surface area contributed by atoms with E-state index in [1.165, 1.54) is 19.2 Å². The Morgan fingerprint density at radius 1 is 1.50 bits per heavy atom. The normalized spacial score (nSPS) is 9.07. The summed E-state index contributed by atoms with van der Waals surface area (Å²) < 4.78 is 17.8. The van der Waals surface area contributed by atoms with Gasteiger partial charge in [-0.1, -0.05) is 11.8 Å². The largest absolute Gasteiger partial charge is 0.495 e. The maximum Gasteiger partial charge on any atom is 0.137 e. The molecule has 0 aliphatic rings. The van der Waals surface area contributed by atoms with Gasteiger partial charge in [0.05, 0.1) is 12.7 Å². The summed E-state index contributed by atoms with van der Waals surface area (Å²) in [6.45, 7) is 0. The molecule has 0 bridgehead atoms. The molecular weight excluding hydrogens is 199 g/mol. The third-order valence-electron chi connectivity index (χ3n) is 1.62. The van der Waals surface area contributed by atoms with Crippen molar-refractivity contribution in [2.24, 2.45) is 0 Å². The predicted molar refractivity (Wildman–Crippen MR) is 58.3 cm³/mol. The average molecular weight is 210 g/mol. The molecule has 0 radical (unpaired) electrons. The summed E-state index contributed by atoms with van der Waals surface area (Å²) in [6.07, 6.45) is 0.712. The molecule has 0 saturated carbocycles. The Hall–Kier alpha value is -1.14. The molecule has 0 atom stereocenters. The molecule has 74 valence electrons. The van der Waals surface area contributed by atoms with Crippen molar-refractivity contribution in [3.05, 3.63) is 29.6 Å². The highest BCUT2D eigenvalue weighted by Crippen LogP contribution is 2.18. The SMILES string of the molecule is COc1cc(F)ccc1C#CCCS. The molecule has 0 heterocycles. The van der Waals surface area contributed by atoms with Gasteiger partial charge in [-0.2, -0.15) is 12.6 Å². The molecule has 0 aliphatic carbocycles. The van der Waals surface area contributed by atoms with Gasteiger partial charge >= 0.3 is 0 Å². The van der Waals surface area contributed by atoms with Crippen LogP contribution in [0.2, 0.25) is 0 Å². The Bertz CT molecular complexity index is 365. The topological polar surface area (TPSA) is 9.23 Å². The van der Waals surface area contributed by atoms with E-state index >= 15 is 0 Å². The van der Waals surface area contributed by atoms with E-state index < -0.39 is 0 Å². The maximum absolute atomic E-state index is 12.8. The highest BCUT2D eigenvalue weighted by molar-refractivity contribution is 7.80. The minimum absolute atomic E-state index is 0.318. The van der Waals surface area contributed by atoms with Crippen molar-refractivity contribution in [1.82, 2.24) is 0 Å². The molecular formula is C11H11FOS. The van der Waals surface area contributed by atoms with Crippen LogP contribution in [0.1, 0.15) is 12.0 Å². The molecule has 1 aromatic rings. The molecule has 0 unspecified atom stereocenters. The van der Waals surface area contributed by atoms with Crippen molar-refractivity contribution in [1.29, 1.82) is 0 Å². The van der Waals surface area contributed by atoms with Crippen LogP contribution in [0, 0.1) is 17.7 Å². The minimum Gasteiger partial charge on any atom is -0.495 e. The second-order valence-corrected chi connectivity index (χ2v) is 3.07. The Morgan fingerprint density at radius 2 is 2.29 bits per heavy atom. The predicted octanol–water partition coefficient (Wildman–Crippen LogP) is 2.51. The van der Waals surface area contributed by atoms with Gasteiger partial charge in [0.1, 0.15) is 11.6 Å². The fourth-order valence-corrected chi connectivity index (χ4v) is 1.09. The molecule has 1 rings (SSSR count). The lowest BCUT2D eigenvalue weighted by atomic mass is 10.2. The molecule has 14 heavy (non-hydrogen) atoms. The van der Waals surface area contributed by atoms with Crippen LogP contribution in [0.4, 0.5) is 4.39 Å². The average Bonchev–Trinajstić information content (AvgIpc) is 2.20. The summed E-state index contributed by atoms with van der Waals surface area (Å²) in [4.78, 5) is 0. The zero-order chi connectivity index (χ0) is 10.4. The van der Waals surface area contributed by atoms with Gasteiger partial charge in [0, 0.05) is 18.2 Å². The van der Waals surface area contributed by atoms with Gasteiger partial charge in [0.2, 0.25) is 0 Å². The number of hydrogen-bond acceptors (Lipinski definition) is 2. The van der Waals surface area contributed by atoms with Crippen LogP contribution in [-0.2, 0) is 0 Å². The van der Waals surface area contributed by atoms with E-state index in [1.54, 1.807) is 6.07 Å². The molecule has 0 saturated heterocycles. The standard InChI is InChI=1S/C11H11FOS/c1-13-11-8-10(12)6-5-9(11)4-2-3-7-14/h5-6,8,14H,3,7H2,1H3. The molecule has 3 heteroatoms. The molecule has 0 amide bonds. The Kier molecular flexibility index (Phi) is 4.34. The summed E-state index contributed by atoms with van der Waals surface area (Å²) in [5.74, 6) is 6.69. The van der Waals surface area contributed by atoms with E-state index in [1.807, 2.05) is 0 Å². The number of hydrogen-bond donors (Lipinski definition) is 1. The number of benzene rings is 1. The Balaban J connectivity index is 2.92. The fourth-order valence-electron chi connectivity index (χ4n) is 0.982. The van der Waals surface area contributed by atoms with Crippen LogP contribution >= 0.6 is 12.6 Å². The molecule has 1 aromatic carbocycles. The Labute approximate surface area is 88.7 Å². The van der Waals surface area contributed by atoms with E-state index in [4.69, 9.17) is 4.74 Å². The quantitative estimate of drug-likeness (QED) is 0.583. The lowest BCUT2D eigenvalue weighted by Gasteiger charge is -2.01. The van der Waals surface area contributed by atoms with Crippen molar-refractivity contribution in [3.63, 3.8) is 0 Å². The van der Waals surface area contributed by atoms with Crippen LogP contribution in [0.3, 0.4) is 0 Å². The molecule has 0 fully saturated rings. The second kappa shape index (κ2) is 5.56. The van der Waals surface area contributed by atoms with Gasteiger partial charge in [-0.05, 0) is 12.1 Å². The van der Waals surface area contributed by atoms with Crippen LogP contribution < -0.4 is 4.74 Å². The van der Waals surface area contributed by atoms with E-state index in [0.29, 0.717) is 17.7 Å². The first-order chi connectivity index (χ1) is 6.77. The van der Waals surface area contributed by atoms with Gasteiger partial charge < -0.3 is 4.74 Å². The van der Waals surface area contributed by atoms with E-state index in [2.05, 4.69) is 24.5 Å². The zero-order valence-electron chi connectivity index (χ0n) is 7.88. The minimum atomic E-state index is -0.318. The third-order valence-corrected chi connectivity index (χ3v) is 1.85. The van der Waals surface area contributed by atoms with Crippen molar-refractivity contribution in [2.45, 2.75) is 6.42 Å². The van der Waals surface area contributed by atoms with Gasteiger partial charge in [-0.3, -0.25) is 0 Å². The first-order valence-corrected chi connectivity index (χ1v) is 4.84. The van der Waals surface area contributed by atoms with Crippen LogP contribution in [0.5, 0.6) is 5.75 Å². The third kappa shape index (κ3) is 2.97. The summed E-state index contributed by atoms with van der Waals surface area (Å²) in [5, 5.41) is 0. The monoisotopic (exact) mass is 210 g/mol.